The Balaban J connectivity index is 1.98. The van der Waals surface area contributed by atoms with Crippen LogP contribution in [0, 0.1) is 17.8 Å². The van der Waals surface area contributed by atoms with E-state index in [4.69, 9.17) is 5.73 Å². The molecule has 0 aromatic heterocycles. The van der Waals surface area contributed by atoms with Crippen LogP contribution in [0.4, 0.5) is 0 Å². The Hall–Kier alpha value is -0.370. The first-order valence-electron chi connectivity index (χ1n) is 4.02. The van der Waals surface area contributed by atoms with Crippen molar-refractivity contribution in [2.45, 2.75) is 25.3 Å². The first-order chi connectivity index (χ1) is 4.81. The van der Waals surface area contributed by atoms with E-state index in [1.807, 2.05) is 0 Å². The van der Waals surface area contributed by atoms with Crippen LogP contribution in [-0.2, 0) is 4.79 Å². The summed E-state index contributed by atoms with van der Waals surface area (Å²) in [5, 5.41) is 0. The molecule has 2 nitrogen and oxygen atoms in total. The van der Waals surface area contributed by atoms with Crippen LogP contribution < -0.4 is 5.73 Å². The second-order valence-corrected chi connectivity index (χ2v) is 3.69. The molecule has 0 aromatic carbocycles. The molecule has 0 aliphatic heterocycles. The molecule has 0 saturated heterocycles. The van der Waals surface area contributed by atoms with E-state index in [1.165, 1.54) is 0 Å². The highest BCUT2D eigenvalue weighted by Gasteiger charge is 2.45. The number of aldehydes is 1. The molecule has 0 bridgehead atoms. The number of fused-ring (bicyclic) bond motifs is 1. The Morgan fingerprint density at radius 3 is 2.60 bits per heavy atom. The first-order valence-corrected chi connectivity index (χ1v) is 4.02. The summed E-state index contributed by atoms with van der Waals surface area (Å²) in [6.45, 7) is 0. The first kappa shape index (κ1) is 6.35. The predicted molar refractivity (Wildman–Crippen MR) is 38.4 cm³/mol. The average Bonchev–Trinajstić information content (AvgIpc) is 2.26. The Bertz CT molecular complexity index is 157. The van der Waals surface area contributed by atoms with Gasteiger partial charge < -0.3 is 10.5 Å². The van der Waals surface area contributed by atoms with Crippen molar-refractivity contribution in [3.63, 3.8) is 0 Å². The quantitative estimate of drug-likeness (QED) is 0.539. The van der Waals surface area contributed by atoms with Gasteiger partial charge in [-0.2, -0.15) is 0 Å². The molecule has 0 radical (unpaired) electrons. The van der Waals surface area contributed by atoms with E-state index >= 15 is 0 Å². The van der Waals surface area contributed by atoms with E-state index < -0.39 is 0 Å². The molecule has 2 aliphatic carbocycles. The third kappa shape index (κ3) is 0.717. The van der Waals surface area contributed by atoms with Crippen LogP contribution in [0.2, 0.25) is 0 Å². The Morgan fingerprint density at radius 1 is 1.30 bits per heavy atom. The van der Waals surface area contributed by atoms with E-state index in [-0.39, 0.29) is 0 Å². The zero-order valence-corrected chi connectivity index (χ0v) is 5.99. The molecule has 2 fully saturated rings. The number of hydrogen-bond donors (Lipinski definition) is 1. The highest BCUT2D eigenvalue weighted by molar-refractivity contribution is 5.54. The summed E-state index contributed by atoms with van der Waals surface area (Å²) in [6.07, 6.45) is 4.44. The van der Waals surface area contributed by atoms with Crippen molar-refractivity contribution in [2.24, 2.45) is 23.5 Å². The molecule has 0 heterocycles. The number of carbonyl (C=O) groups is 1. The lowest BCUT2D eigenvalue weighted by Gasteiger charge is -2.37. The molecule has 4 atom stereocenters. The molecule has 2 N–H and O–H groups in total. The fourth-order valence-electron chi connectivity index (χ4n) is 2.44. The summed E-state index contributed by atoms with van der Waals surface area (Å²) < 4.78 is 0. The molecule has 1 unspecified atom stereocenters. The normalized spacial score (nSPS) is 51.7. The minimum absolute atomic E-state index is 0.337. The SMILES string of the molecule is N[C@@H]1C[C@@H]2CC(C=O)C[C@@H]21. The van der Waals surface area contributed by atoms with E-state index in [2.05, 4.69) is 0 Å². The molecule has 56 valence electrons. The molecule has 0 spiro atoms. The second kappa shape index (κ2) is 2.06. The van der Waals surface area contributed by atoms with Crippen molar-refractivity contribution in [1.82, 2.24) is 0 Å². The predicted octanol–water partition coefficient (Wildman–Crippen LogP) is 0.559. The summed E-state index contributed by atoms with van der Waals surface area (Å²) in [6, 6.07) is 0.412. The van der Waals surface area contributed by atoms with Gasteiger partial charge >= 0.3 is 0 Å². The molecular formula is C8H13NO. The summed E-state index contributed by atoms with van der Waals surface area (Å²) in [7, 11) is 0. The monoisotopic (exact) mass is 139 g/mol. The summed E-state index contributed by atoms with van der Waals surface area (Å²) in [5.74, 6) is 1.82. The Labute approximate surface area is 60.8 Å². The maximum absolute atomic E-state index is 10.4. The maximum Gasteiger partial charge on any atom is 0.123 e. The van der Waals surface area contributed by atoms with Gasteiger partial charge in [0.2, 0.25) is 0 Å². The summed E-state index contributed by atoms with van der Waals surface area (Å²) in [4.78, 5) is 10.4. The average molecular weight is 139 g/mol. The van der Waals surface area contributed by atoms with Crippen LogP contribution in [-0.4, -0.2) is 12.3 Å². The number of hydrogen-bond acceptors (Lipinski definition) is 2. The smallest absolute Gasteiger partial charge is 0.123 e. The maximum atomic E-state index is 10.4. The van der Waals surface area contributed by atoms with Crippen molar-refractivity contribution >= 4 is 6.29 Å². The van der Waals surface area contributed by atoms with Gasteiger partial charge in [-0.25, -0.2) is 0 Å². The molecule has 2 rings (SSSR count). The van der Waals surface area contributed by atoms with E-state index in [0.717, 1.165) is 31.5 Å². The zero-order valence-electron chi connectivity index (χ0n) is 5.99. The molecule has 0 aromatic rings. The van der Waals surface area contributed by atoms with E-state index in [1.54, 1.807) is 0 Å². The highest BCUT2D eigenvalue weighted by Crippen LogP contribution is 2.47. The van der Waals surface area contributed by atoms with Crippen LogP contribution >= 0.6 is 0 Å². The molecule has 2 saturated carbocycles. The third-order valence-corrected chi connectivity index (χ3v) is 3.10. The molecule has 10 heavy (non-hydrogen) atoms. The van der Waals surface area contributed by atoms with Crippen molar-refractivity contribution < 1.29 is 4.79 Å². The number of nitrogens with two attached hydrogens (primary N) is 1. The van der Waals surface area contributed by atoms with Gasteiger partial charge in [0, 0.05) is 12.0 Å². The topological polar surface area (TPSA) is 43.1 Å². The Morgan fingerprint density at radius 2 is 2.10 bits per heavy atom. The fraction of sp³-hybridized carbons (Fsp3) is 0.875. The lowest BCUT2D eigenvalue weighted by Crippen LogP contribution is -2.44. The molecular weight excluding hydrogens is 126 g/mol. The van der Waals surface area contributed by atoms with Crippen LogP contribution in [0.15, 0.2) is 0 Å². The van der Waals surface area contributed by atoms with Gasteiger partial charge in [0.05, 0.1) is 0 Å². The van der Waals surface area contributed by atoms with Crippen LogP contribution in [0.3, 0.4) is 0 Å². The van der Waals surface area contributed by atoms with Gasteiger partial charge in [0.1, 0.15) is 6.29 Å². The minimum atomic E-state index is 0.337. The van der Waals surface area contributed by atoms with Crippen LogP contribution in [0.5, 0.6) is 0 Å². The van der Waals surface area contributed by atoms with Gasteiger partial charge in [-0.05, 0) is 31.1 Å². The highest BCUT2D eigenvalue weighted by atomic mass is 16.1. The summed E-state index contributed by atoms with van der Waals surface area (Å²) in [5.41, 5.74) is 5.76. The van der Waals surface area contributed by atoms with Crippen molar-refractivity contribution in [3.8, 4) is 0 Å². The van der Waals surface area contributed by atoms with Crippen LogP contribution in [0.1, 0.15) is 19.3 Å². The van der Waals surface area contributed by atoms with Gasteiger partial charge in [-0.1, -0.05) is 0 Å². The van der Waals surface area contributed by atoms with Gasteiger partial charge in [0.25, 0.3) is 0 Å². The molecule has 2 aliphatic rings. The van der Waals surface area contributed by atoms with Crippen molar-refractivity contribution in [2.75, 3.05) is 0 Å². The van der Waals surface area contributed by atoms with E-state index in [0.29, 0.717) is 17.9 Å². The molecule has 0 amide bonds. The lowest BCUT2D eigenvalue weighted by molar-refractivity contribution is -0.111. The molecule has 2 heteroatoms. The lowest BCUT2D eigenvalue weighted by atomic mass is 9.72. The standard InChI is InChI=1S/C8H13NO/c9-8-3-6-1-5(4-10)2-7(6)8/h4-8H,1-3,9H2/t5?,6-,7-,8+/m0/s1. The minimum Gasteiger partial charge on any atom is -0.327 e. The summed E-state index contributed by atoms with van der Waals surface area (Å²) >= 11 is 0. The van der Waals surface area contributed by atoms with Gasteiger partial charge in [0.15, 0.2) is 0 Å². The van der Waals surface area contributed by atoms with Gasteiger partial charge in [-0.3, -0.25) is 0 Å². The van der Waals surface area contributed by atoms with Crippen molar-refractivity contribution in [3.05, 3.63) is 0 Å². The number of rotatable bonds is 1. The Kier molecular flexibility index (Phi) is 1.31. The largest absolute Gasteiger partial charge is 0.327 e. The number of carbonyl (C=O) groups excluding carboxylic acids is 1. The van der Waals surface area contributed by atoms with Crippen molar-refractivity contribution in [1.29, 1.82) is 0 Å². The second-order valence-electron chi connectivity index (χ2n) is 3.69. The fourth-order valence-corrected chi connectivity index (χ4v) is 2.44. The van der Waals surface area contributed by atoms with Gasteiger partial charge in [-0.15, -0.1) is 0 Å². The zero-order chi connectivity index (χ0) is 7.14. The van der Waals surface area contributed by atoms with Crippen LogP contribution in [0.25, 0.3) is 0 Å². The third-order valence-electron chi connectivity index (χ3n) is 3.10. The van der Waals surface area contributed by atoms with E-state index in [9.17, 15) is 4.79 Å².